The number of carbonyl (C=O) groups excluding carboxylic acids is 1. The number of anilines is 1. The van der Waals surface area contributed by atoms with Gasteiger partial charge in [-0.2, -0.15) is 0 Å². The van der Waals surface area contributed by atoms with Gasteiger partial charge in [0.05, 0.1) is 5.56 Å². The van der Waals surface area contributed by atoms with Crippen LogP contribution in [0.4, 0.5) is 5.69 Å². The van der Waals surface area contributed by atoms with Gasteiger partial charge < -0.3 is 10.6 Å². The first-order valence-corrected chi connectivity index (χ1v) is 6.06. The van der Waals surface area contributed by atoms with Crippen molar-refractivity contribution >= 4 is 22.4 Å². The summed E-state index contributed by atoms with van der Waals surface area (Å²) in [7, 11) is 1.79. The second-order valence-electron chi connectivity index (χ2n) is 4.80. The molecule has 0 saturated heterocycles. The molecule has 0 bridgehead atoms. The quantitative estimate of drug-likeness (QED) is 0.823. The first kappa shape index (κ1) is 12.4. The number of benzene rings is 2. The lowest BCUT2D eigenvalue weighted by molar-refractivity contribution is 0.0756. The molecule has 2 N–H and O–H groups in total. The number of carbonyl (C=O) groups is 1. The number of nitrogens with zero attached hydrogens (tertiary/aromatic N) is 1. The molecule has 0 radical (unpaired) electrons. The molecule has 3 nitrogen and oxygen atoms in total. The monoisotopic (exact) mass is 242 g/mol. The van der Waals surface area contributed by atoms with E-state index in [9.17, 15) is 4.79 Å². The summed E-state index contributed by atoms with van der Waals surface area (Å²) in [6.45, 7) is 3.96. The fraction of sp³-hybridized carbons (Fsp3) is 0.267. The minimum Gasteiger partial charge on any atom is -0.398 e. The van der Waals surface area contributed by atoms with Gasteiger partial charge in [0, 0.05) is 18.8 Å². The van der Waals surface area contributed by atoms with Gasteiger partial charge in [0.15, 0.2) is 0 Å². The highest BCUT2D eigenvalue weighted by Crippen LogP contribution is 2.23. The van der Waals surface area contributed by atoms with Crippen molar-refractivity contribution in [1.82, 2.24) is 4.90 Å². The number of nitrogens with two attached hydrogens (primary N) is 1. The van der Waals surface area contributed by atoms with Crippen LogP contribution in [0.5, 0.6) is 0 Å². The van der Waals surface area contributed by atoms with E-state index in [1.807, 2.05) is 50.2 Å². The van der Waals surface area contributed by atoms with Crippen LogP contribution >= 0.6 is 0 Å². The van der Waals surface area contributed by atoms with Crippen LogP contribution in [0.15, 0.2) is 36.4 Å². The second kappa shape index (κ2) is 4.69. The zero-order valence-electron chi connectivity index (χ0n) is 11.0. The molecule has 0 fully saturated rings. The molecule has 0 atom stereocenters. The Balaban J connectivity index is 2.51. The lowest BCUT2D eigenvalue weighted by Crippen LogP contribution is -2.33. The summed E-state index contributed by atoms with van der Waals surface area (Å²) in [5.74, 6) is -0.0340. The smallest absolute Gasteiger partial charge is 0.255 e. The Kier molecular flexibility index (Phi) is 3.24. The van der Waals surface area contributed by atoms with Crippen molar-refractivity contribution < 1.29 is 4.79 Å². The Morgan fingerprint density at radius 2 is 1.72 bits per heavy atom. The molecule has 0 unspecified atom stereocenters. The molecule has 2 aromatic rings. The normalized spacial score (nSPS) is 10.9. The van der Waals surface area contributed by atoms with E-state index in [1.54, 1.807) is 11.9 Å². The van der Waals surface area contributed by atoms with Gasteiger partial charge in [0.1, 0.15) is 0 Å². The Morgan fingerprint density at radius 3 is 2.28 bits per heavy atom. The molecule has 18 heavy (non-hydrogen) atoms. The highest BCUT2D eigenvalue weighted by molar-refractivity contribution is 6.03. The van der Waals surface area contributed by atoms with E-state index in [2.05, 4.69) is 0 Å². The number of rotatable bonds is 2. The van der Waals surface area contributed by atoms with E-state index in [4.69, 9.17) is 5.73 Å². The maximum Gasteiger partial charge on any atom is 0.255 e. The van der Waals surface area contributed by atoms with Crippen molar-refractivity contribution in [3.8, 4) is 0 Å². The first-order valence-electron chi connectivity index (χ1n) is 6.06. The number of fused-ring (bicyclic) bond motifs is 1. The zero-order chi connectivity index (χ0) is 13.3. The molecule has 94 valence electrons. The molecule has 0 saturated carbocycles. The van der Waals surface area contributed by atoms with Crippen molar-refractivity contribution in [2.24, 2.45) is 0 Å². The second-order valence-corrected chi connectivity index (χ2v) is 4.80. The molecular weight excluding hydrogens is 224 g/mol. The van der Waals surface area contributed by atoms with Crippen molar-refractivity contribution in [1.29, 1.82) is 0 Å². The van der Waals surface area contributed by atoms with Crippen LogP contribution in [-0.4, -0.2) is 23.9 Å². The first-order chi connectivity index (χ1) is 8.50. The molecule has 0 aromatic heterocycles. The van der Waals surface area contributed by atoms with E-state index in [0.29, 0.717) is 11.3 Å². The average molecular weight is 242 g/mol. The van der Waals surface area contributed by atoms with Crippen molar-refractivity contribution in [3.63, 3.8) is 0 Å². The molecule has 3 heteroatoms. The van der Waals surface area contributed by atoms with Gasteiger partial charge in [0.2, 0.25) is 0 Å². The Morgan fingerprint density at radius 1 is 1.17 bits per heavy atom. The van der Waals surface area contributed by atoms with Crippen LogP contribution in [-0.2, 0) is 0 Å². The summed E-state index contributed by atoms with van der Waals surface area (Å²) in [5, 5.41) is 2.09. The zero-order valence-corrected chi connectivity index (χ0v) is 11.0. The van der Waals surface area contributed by atoms with Crippen molar-refractivity contribution in [2.75, 3.05) is 12.8 Å². The van der Waals surface area contributed by atoms with E-state index < -0.39 is 0 Å². The largest absolute Gasteiger partial charge is 0.398 e. The van der Waals surface area contributed by atoms with Crippen LogP contribution in [0.3, 0.4) is 0 Å². The van der Waals surface area contributed by atoms with Gasteiger partial charge in [-0.25, -0.2) is 0 Å². The van der Waals surface area contributed by atoms with Gasteiger partial charge in [-0.3, -0.25) is 4.79 Å². The summed E-state index contributed by atoms with van der Waals surface area (Å²) < 4.78 is 0. The molecule has 0 aliphatic carbocycles. The topological polar surface area (TPSA) is 46.3 Å². The minimum atomic E-state index is -0.0340. The van der Waals surface area contributed by atoms with Gasteiger partial charge in [-0.15, -0.1) is 0 Å². The number of hydrogen-bond donors (Lipinski definition) is 1. The van der Waals surface area contributed by atoms with Crippen molar-refractivity contribution in [3.05, 3.63) is 42.0 Å². The van der Waals surface area contributed by atoms with Crippen LogP contribution in [0.2, 0.25) is 0 Å². The van der Waals surface area contributed by atoms with Crippen LogP contribution in [0.25, 0.3) is 10.8 Å². The van der Waals surface area contributed by atoms with E-state index in [0.717, 1.165) is 10.8 Å². The number of amides is 1. The third-order valence-corrected chi connectivity index (χ3v) is 3.24. The maximum atomic E-state index is 12.3. The third kappa shape index (κ3) is 2.16. The summed E-state index contributed by atoms with van der Waals surface area (Å²) >= 11 is 0. The number of nitrogen functional groups attached to an aromatic ring is 1. The van der Waals surface area contributed by atoms with E-state index in [1.165, 1.54) is 0 Å². The van der Waals surface area contributed by atoms with E-state index >= 15 is 0 Å². The number of hydrogen-bond acceptors (Lipinski definition) is 2. The van der Waals surface area contributed by atoms with Crippen LogP contribution in [0.1, 0.15) is 24.2 Å². The predicted octanol–water partition coefficient (Wildman–Crippen LogP) is 2.90. The minimum absolute atomic E-state index is 0.0340. The predicted molar refractivity (Wildman–Crippen MR) is 75.6 cm³/mol. The standard InChI is InChI=1S/C15H18N2O/c1-10(2)17(3)15(18)13-8-11-6-4-5-7-12(11)9-14(13)16/h4-10H,16H2,1-3H3. The molecule has 0 spiro atoms. The lowest BCUT2D eigenvalue weighted by Gasteiger charge is -2.22. The van der Waals surface area contributed by atoms with Crippen molar-refractivity contribution in [2.45, 2.75) is 19.9 Å². The maximum absolute atomic E-state index is 12.3. The summed E-state index contributed by atoms with van der Waals surface area (Å²) in [5.41, 5.74) is 7.09. The molecule has 1 amide bonds. The SMILES string of the molecule is CC(C)N(C)C(=O)c1cc2ccccc2cc1N. The molecule has 2 rings (SSSR count). The Hall–Kier alpha value is -2.03. The van der Waals surface area contributed by atoms with Gasteiger partial charge in [0.25, 0.3) is 5.91 Å². The highest BCUT2D eigenvalue weighted by Gasteiger charge is 2.17. The van der Waals surface area contributed by atoms with Crippen LogP contribution in [0, 0.1) is 0 Å². The molecular formula is C15H18N2O. The third-order valence-electron chi connectivity index (χ3n) is 3.24. The Labute approximate surface area is 107 Å². The fourth-order valence-corrected chi connectivity index (χ4v) is 1.87. The summed E-state index contributed by atoms with van der Waals surface area (Å²) in [6, 6.07) is 11.8. The Bertz CT molecular complexity index is 590. The van der Waals surface area contributed by atoms with Gasteiger partial charge in [-0.1, -0.05) is 24.3 Å². The summed E-state index contributed by atoms with van der Waals surface area (Å²) in [4.78, 5) is 14.0. The average Bonchev–Trinajstić information content (AvgIpc) is 2.36. The summed E-state index contributed by atoms with van der Waals surface area (Å²) in [6.07, 6.45) is 0. The lowest BCUT2D eigenvalue weighted by atomic mass is 10.0. The molecule has 0 aliphatic rings. The molecule has 0 heterocycles. The van der Waals surface area contributed by atoms with Gasteiger partial charge in [-0.05, 0) is 36.8 Å². The highest BCUT2D eigenvalue weighted by atomic mass is 16.2. The fourth-order valence-electron chi connectivity index (χ4n) is 1.87. The van der Waals surface area contributed by atoms with Crippen LogP contribution < -0.4 is 5.73 Å². The molecule has 0 aliphatic heterocycles. The van der Waals surface area contributed by atoms with E-state index in [-0.39, 0.29) is 11.9 Å². The molecule has 2 aromatic carbocycles. The van der Waals surface area contributed by atoms with Gasteiger partial charge >= 0.3 is 0 Å².